The Morgan fingerprint density at radius 3 is 2.70 bits per heavy atom. The van der Waals surface area contributed by atoms with E-state index in [2.05, 4.69) is 20.9 Å². The molecule has 27 heavy (non-hydrogen) atoms. The molecule has 2 aromatic rings. The van der Waals surface area contributed by atoms with E-state index in [0.29, 0.717) is 15.6 Å². The number of hydrogen-bond acceptors (Lipinski definition) is 5. The zero-order valence-electron chi connectivity index (χ0n) is 14.3. The van der Waals surface area contributed by atoms with Crippen LogP contribution in [-0.2, 0) is 9.53 Å². The molecule has 0 saturated heterocycles. The van der Waals surface area contributed by atoms with Crippen molar-refractivity contribution in [3.8, 4) is 0 Å². The maximum Gasteiger partial charge on any atom is 0.344 e. The Hall–Kier alpha value is -2.38. The van der Waals surface area contributed by atoms with Gasteiger partial charge in [0.2, 0.25) is 0 Å². The zero-order valence-corrected chi connectivity index (χ0v) is 16.7. The maximum atomic E-state index is 13.1. The lowest BCUT2D eigenvalue weighted by Crippen LogP contribution is -2.12. The van der Waals surface area contributed by atoms with Gasteiger partial charge in [0.15, 0.2) is 0 Å². The van der Waals surface area contributed by atoms with E-state index in [9.17, 15) is 14.3 Å². The van der Waals surface area contributed by atoms with Crippen LogP contribution >= 0.6 is 27.7 Å². The number of benzene rings is 2. The highest BCUT2D eigenvalue weighted by molar-refractivity contribution is 9.10. The summed E-state index contributed by atoms with van der Waals surface area (Å²) in [6, 6.07) is 13.1. The Bertz CT molecular complexity index is 967. The largest absolute Gasteiger partial charge is 0.506 e. The minimum absolute atomic E-state index is 0.00687. The van der Waals surface area contributed by atoms with Crippen molar-refractivity contribution in [3.05, 3.63) is 80.6 Å². The van der Waals surface area contributed by atoms with Crippen molar-refractivity contribution in [2.75, 3.05) is 6.61 Å². The van der Waals surface area contributed by atoms with E-state index in [0.717, 1.165) is 21.8 Å². The van der Waals surface area contributed by atoms with E-state index in [1.54, 1.807) is 13.0 Å². The number of carbonyl (C=O) groups is 1. The molecule has 0 radical (unpaired) electrons. The molecule has 0 bridgehead atoms. The number of hydrogen-bond donors (Lipinski definition) is 1. The highest BCUT2D eigenvalue weighted by Gasteiger charge is 2.33. The summed E-state index contributed by atoms with van der Waals surface area (Å²) in [5.41, 5.74) is 1.33. The number of esters is 1. The topological polar surface area (TPSA) is 58.9 Å². The van der Waals surface area contributed by atoms with Gasteiger partial charge < -0.3 is 9.84 Å². The van der Waals surface area contributed by atoms with Crippen LogP contribution in [0.25, 0.3) is 6.08 Å². The van der Waals surface area contributed by atoms with Gasteiger partial charge >= 0.3 is 5.97 Å². The molecule has 0 unspecified atom stereocenters. The van der Waals surface area contributed by atoms with Crippen molar-refractivity contribution in [2.45, 2.75) is 6.92 Å². The molecule has 3 rings (SSSR count). The number of nitrogens with zero attached hydrogens (tertiary/aromatic N) is 1. The van der Waals surface area contributed by atoms with E-state index in [4.69, 9.17) is 4.74 Å². The van der Waals surface area contributed by atoms with Gasteiger partial charge in [0, 0.05) is 4.47 Å². The molecular weight excluding hydrogens is 433 g/mol. The van der Waals surface area contributed by atoms with Gasteiger partial charge in [-0.3, -0.25) is 0 Å². The Kier molecular flexibility index (Phi) is 6.13. The molecular formula is C20H15BrFNO3S. The number of rotatable bonds is 4. The van der Waals surface area contributed by atoms with Gasteiger partial charge in [0.05, 0.1) is 17.2 Å². The van der Waals surface area contributed by atoms with Crippen LogP contribution < -0.4 is 0 Å². The fourth-order valence-corrected chi connectivity index (χ4v) is 3.82. The van der Waals surface area contributed by atoms with Crippen molar-refractivity contribution in [3.63, 3.8) is 0 Å². The number of thioether (sulfide) groups is 1. The molecule has 7 heteroatoms. The van der Waals surface area contributed by atoms with E-state index in [1.807, 2.05) is 24.3 Å². The molecule has 0 amide bonds. The summed E-state index contributed by atoms with van der Waals surface area (Å²) in [5, 5.41) is 10.9. The monoisotopic (exact) mass is 447 g/mol. The van der Waals surface area contributed by atoms with Crippen molar-refractivity contribution in [1.29, 1.82) is 0 Å². The first kappa shape index (κ1) is 19.4. The highest BCUT2D eigenvalue weighted by Crippen LogP contribution is 2.40. The summed E-state index contributed by atoms with van der Waals surface area (Å²) >= 11 is 4.56. The summed E-state index contributed by atoms with van der Waals surface area (Å²) < 4.78 is 19.1. The third-order valence-electron chi connectivity index (χ3n) is 3.57. The van der Waals surface area contributed by atoms with Gasteiger partial charge in [0.25, 0.3) is 0 Å². The van der Waals surface area contributed by atoms with Crippen LogP contribution in [0.2, 0.25) is 0 Å². The number of ether oxygens (including phenoxy) is 1. The Morgan fingerprint density at radius 2 is 2.04 bits per heavy atom. The fraction of sp³-hybridized carbons (Fsp3) is 0.100. The summed E-state index contributed by atoms with van der Waals surface area (Å²) in [7, 11) is 0. The lowest BCUT2D eigenvalue weighted by atomic mass is 10.1. The molecule has 4 nitrogen and oxygen atoms in total. The van der Waals surface area contributed by atoms with Crippen molar-refractivity contribution in [2.24, 2.45) is 4.99 Å². The summed E-state index contributed by atoms with van der Waals surface area (Å²) in [4.78, 5) is 17.2. The highest BCUT2D eigenvalue weighted by atomic mass is 79.9. The second kappa shape index (κ2) is 8.54. The van der Waals surface area contributed by atoms with E-state index >= 15 is 0 Å². The molecule has 0 spiro atoms. The van der Waals surface area contributed by atoms with E-state index < -0.39 is 5.97 Å². The number of aliphatic imine (C=N–C) groups is 1. The second-order valence-electron chi connectivity index (χ2n) is 5.50. The predicted octanol–water partition coefficient (Wildman–Crippen LogP) is 5.78. The lowest BCUT2D eigenvalue weighted by molar-refractivity contribution is -0.138. The first-order valence-electron chi connectivity index (χ1n) is 8.08. The quantitative estimate of drug-likeness (QED) is 0.603. The third kappa shape index (κ3) is 4.67. The van der Waals surface area contributed by atoms with Gasteiger partial charge in [-0.15, -0.1) is 0 Å². The first-order valence-corrected chi connectivity index (χ1v) is 9.69. The van der Waals surface area contributed by atoms with Gasteiger partial charge in [0.1, 0.15) is 22.2 Å². The van der Waals surface area contributed by atoms with E-state index in [-0.39, 0.29) is 23.8 Å². The van der Waals surface area contributed by atoms with Crippen LogP contribution in [0.4, 0.5) is 10.1 Å². The molecule has 0 aliphatic carbocycles. The standard InChI is InChI=1S/C20H15BrFNO3S/c1-2-26-20(25)17-18(24)16(11-12-4-3-5-13(21)10-12)27-19(17)23-15-8-6-14(22)7-9-15/h3-11,24H,2H2,1H3. The smallest absolute Gasteiger partial charge is 0.344 e. The SMILES string of the molecule is CCOC(=O)C1=C(O)C(=Cc2cccc(Br)c2)SC1=Nc1ccc(F)cc1. The summed E-state index contributed by atoms with van der Waals surface area (Å²) in [6.45, 7) is 1.86. The maximum absolute atomic E-state index is 13.1. The third-order valence-corrected chi connectivity index (χ3v) is 5.09. The van der Waals surface area contributed by atoms with Crippen molar-refractivity contribution in [1.82, 2.24) is 0 Å². The molecule has 1 aliphatic heterocycles. The molecule has 138 valence electrons. The molecule has 2 aromatic carbocycles. The molecule has 0 atom stereocenters. The molecule has 1 heterocycles. The Labute approximate surface area is 168 Å². The number of aliphatic hydroxyl groups is 1. The van der Waals surface area contributed by atoms with Gasteiger partial charge in [-0.05, 0) is 55.0 Å². The Morgan fingerprint density at radius 1 is 1.30 bits per heavy atom. The average Bonchev–Trinajstić information content (AvgIpc) is 2.92. The first-order chi connectivity index (χ1) is 13.0. The summed E-state index contributed by atoms with van der Waals surface area (Å²) in [6.07, 6.45) is 1.76. The van der Waals surface area contributed by atoms with Gasteiger partial charge in [-0.25, -0.2) is 14.2 Å². The molecule has 1 N–H and O–H groups in total. The second-order valence-corrected chi connectivity index (χ2v) is 7.45. The lowest BCUT2D eigenvalue weighted by Gasteiger charge is -2.03. The van der Waals surface area contributed by atoms with Crippen LogP contribution in [0.1, 0.15) is 12.5 Å². The van der Waals surface area contributed by atoms with Crippen LogP contribution in [0.5, 0.6) is 0 Å². The minimum atomic E-state index is -0.652. The fourth-order valence-electron chi connectivity index (χ4n) is 2.37. The number of carbonyl (C=O) groups excluding carboxylic acids is 1. The number of aliphatic hydroxyl groups excluding tert-OH is 1. The number of halogens is 2. The average molecular weight is 448 g/mol. The van der Waals surface area contributed by atoms with Crippen LogP contribution in [0.15, 0.2) is 74.2 Å². The van der Waals surface area contributed by atoms with Gasteiger partial charge in [-0.1, -0.05) is 39.8 Å². The minimum Gasteiger partial charge on any atom is -0.506 e. The van der Waals surface area contributed by atoms with Crippen LogP contribution in [0, 0.1) is 5.82 Å². The zero-order chi connectivity index (χ0) is 19.4. The molecule has 1 aliphatic rings. The summed E-state index contributed by atoms with van der Waals surface area (Å²) in [5.74, 6) is -1.21. The predicted molar refractivity (Wildman–Crippen MR) is 109 cm³/mol. The molecule has 0 aromatic heterocycles. The molecule has 0 saturated carbocycles. The van der Waals surface area contributed by atoms with Crippen LogP contribution in [-0.4, -0.2) is 22.7 Å². The van der Waals surface area contributed by atoms with Crippen molar-refractivity contribution >= 4 is 50.5 Å². The molecule has 0 fully saturated rings. The van der Waals surface area contributed by atoms with Crippen molar-refractivity contribution < 1.29 is 19.0 Å². The van der Waals surface area contributed by atoms with Gasteiger partial charge in [-0.2, -0.15) is 0 Å². The Balaban J connectivity index is 2.03. The normalized spacial score (nSPS) is 17.0. The van der Waals surface area contributed by atoms with Crippen LogP contribution in [0.3, 0.4) is 0 Å². The van der Waals surface area contributed by atoms with E-state index in [1.165, 1.54) is 24.3 Å².